The molecule has 1 aliphatic rings. The predicted molar refractivity (Wildman–Crippen MR) is 93.3 cm³/mol. The maximum absolute atomic E-state index is 8.84. The van der Waals surface area contributed by atoms with Crippen LogP contribution in [0.3, 0.4) is 0 Å². The van der Waals surface area contributed by atoms with Crippen molar-refractivity contribution in [1.82, 2.24) is 5.32 Å². The van der Waals surface area contributed by atoms with E-state index >= 15 is 0 Å². The minimum Gasteiger partial charge on any atom is -0.486 e. The molecule has 1 N–H and O–H groups in total. The van der Waals surface area contributed by atoms with Gasteiger partial charge >= 0.3 is 0 Å². The first-order valence-corrected chi connectivity index (χ1v) is 8.18. The Bertz CT molecular complexity index is 745. The number of nitrogens with zero attached hydrogens (tertiary/aromatic N) is 1. The lowest BCUT2D eigenvalue weighted by atomic mass is 9.84. The van der Waals surface area contributed by atoms with Gasteiger partial charge in [-0.15, -0.1) is 0 Å². The molecular formula is C20H22N2O2. The summed E-state index contributed by atoms with van der Waals surface area (Å²) in [5.74, 6) is 1.66. The van der Waals surface area contributed by atoms with E-state index < -0.39 is 0 Å². The van der Waals surface area contributed by atoms with Crippen LogP contribution in [0.5, 0.6) is 11.5 Å². The standard InChI is InChI=1S/C20H22N2O2/c1-20(2,14-22-13-16-5-3-15(12-21)4-6-16)17-7-8-18-19(11-17)24-10-9-23-18/h3-8,11,22H,9-10,13-14H2,1-2H3. The Morgan fingerprint density at radius 2 is 1.75 bits per heavy atom. The van der Waals surface area contributed by atoms with Crippen molar-refractivity contribution in [3.05, 3.63) is 59.2 Å². The van der Waals surface area contributed by atoms with Gasteiger partial charge in [0.1, 0.15) is 13.2 Å². The van der Waals surface area contributed by atoms with Gasteiger partial charge in [0.2, 0.25) is 0 Å². The van der Waals surface area contributed by atoms with Crippen LogP contribution in [0.4, 0.5) is 0 Å². The van der Waals surface area contributed by atoms with E-state index in [2.05, 4.69) is 37.4 Å². The first kappa shape index (κ1) is 16.4. The Morgan fingerprint density at radius 3 is 2.46 bits per heavy atom. The van der Waals surface area contributed by atoms with Crippen LogP contribution in [0.1, 0.15) is 30.5 Å². The van der Waals surface area contributed by atoms with Gasteiger partial charge in [-0.1, -0.05) is 32.0 Å². The SMILES string of the molecule is CC(C)(CNCc1ccc(C#N)cc1)c1ccc2c(c1)OCCO2. The number of ether oxygens (including phenoxy) is 2. The van der Waals surface area contributed by atoms with Crippen LogP contribution in [-0.4, -0.2) is 19.8 Å². The van der Waals surface area contributed by atoms with Crippen LogP contribution >= 0.6 is 0 Å². The number of benzene rings is 2. The van der Waals surface area contributed by atoms with E-state index in [9.17, 15) is 0 Å². The molecule has 2 aromatic carbocycles. The first-order valence-electron chi connectivity index (χ1n) is 8.18. The smallest absolute Gasteiger partial charge is 0.161 e. The molecule has 0 radical (unpaired) electrons. The molecular weight excluding hydrogens is 300 g/mol. The monoisotopic (exact) mass is 322 g/mol. The fraction of sp³-hybridized carbons (Fsp3) is 0.350. The zero-order chi connectivity index (χ0) is 17.0. The highest BCUT2D eigenvalue weighted by molar-refractivity contribution is 5.45. The maximum atomic E-state index is 8.84. The quantitative estimate of drug-likeness (QED) is 0.917. The molecule has 0 bridgehead atoms. The molecule has 1 aliphatic heterocycles. The van der Waals surface area contributed by atoms with Crippen molar-refractivity contribution in [3.8, 4) is 17.6 Å². The van der Waals surface area contributed by atoms with Gasteiger partial charge in [-0.3, -0.25) is 0 Å². The third kappa shape index (κ3) is 3.69. The van der Waals surface area contributed by atoms with Crippen molar-refractivity contribution < 1.29 is 9.47 Å². The topological polar surface area (TPSA) is 54.3 Å². The Kier molecular flexibility index (Phi) is 4.73. The van der Waals surface area contributed by atoms with Crippen molar-refractivity contribution in [2.45, 2.75) is 25.8 Å². The van der Waals surface area contributed by atoms with Gasteiger partial charge in [-0.25, -0.2) is 0 Å². The van der Waals surface area contributed by atoms with Crippen molar-refractivity contribution in [2.24, 2.45) is 0 Å². The summed E-state index contributed by atoms with van der Waals surface area (Å²) in [5.41, 5.74) is 3.06. The van der Waals surface area contributed by atoms with E-state index in [1.807, 2.05) is 30.3 Å². The van der Waals surface area contributed by atoms with E-state index in [4.69, 9.17) is 14.7 Å². The van der Waals surface area contributed by atoms with E-state index in [1.54, 1.807) is 0 Å². The molecule has 4 nitrogen and oxygen atoms in total. The minimum atomic E-state index is -0.0254. The van der Waals surface area contributed by atoms with E-state index in [0.29, 0.717) is 18.8 Å². The Balaban J connectivity index is 1.62. The van der Waals surface area contributed by atoms with Gasteiger partial charge in [0.05, 0.1) is 11.6 Å². The number of fused-ring (bicyclic) bond motifs is 1. The molecule has 1 heterocycles. The third-order valence-corrected chi connectivity index (χ3v) is 4.30. The molecule has 2 aromatic rings. The number of hydrogen-bond acceptors (Lipinski definition) is 4. The number of rotatable bonds is 5. The van der Waals surface area contributed by atoms with Crippen molar-refractivity contribution >= 4 is 0 Å². The largest absolute Gasteiger partial charge is 0.486 e. The molecule has 24 heavy (non-hydrogen) atoms. The third-order valence-electron chi connectivity index (χ3n) is 4.30. The molecule has 0 saturated carbocycles. The molecule has 0 unspecified atom stereocenters. The Labute approximate surface area is 143 Å². The summed E-state index contributed by atoms with van der Waals surface area (Å²) in [6.45, 7) is 7.26. The first-order chi connectivity index (χ1) is 11.6. The summed E-state index contributed by atoms with van der Waals surface area (Å²) >= 11 is 0. The zero-order valence-electron chi connectivity index (χ0n) is 14.1. The number of nitrogens with one attached hydrogen (secondary N) is 1. The Morgan fingerprint density at radius 1 is 1.04 bits per heavy atom. The molecule has 0 spiro atoms. The summed E-state index contributed by atoms with van der Waals surface area (Å²) in [7, 11) is 0. The molecule has 3 rings (SSSR count). The van der Waals surface area contributed by atoms with E-state index in [1.165, 1.54) is 11.1 Å². The molecule has 124 valence electrons. The van der Waals surface area contributed by atoms with Gasteiger partial charge in [-0.05, 0) is 35.4 Å². The van der Waals surface area contributed by atoms with Crippen LogP contribution in [0.2, 0.25) is 0 Å². The fourth-order valence-corrected chi connectivity index (χ4v) is 2.78. The molecule has 0 amide bonds. The zero-order valence-corrected chi connectivity index (χ0v) is 14.1. The van der Waals surface area contributed by atoms with Gasteiger partial charge in [0.15, 0.2) is 11.5 Å². The van der Waals surface area contributed by atoms with Gasteiger partial charge in [0, 0.05) is 18.5 Å². The second-order valence-corrected chi connectivity index (χ2v) is 6.65. The fourth-order valence-electron chi connectivity index (χ4n) is 2.78. The average Bonchev–Trinajstić information content (AvgIpc) is 2.62. The normalized spacial score (nSPS) is 13.4. The van der Waals surface area contributed by atoms with E-state index in [-0.39, 0.29) is 5.41 Å². The predicted octanol–water partition coefficient (Wildman–Crippen LogP) is 3.40. The van der Waals surface area contributed by atoms with Gasteiger partial charge in [-0.2, -0.15) is 5.26 Å². The summed E-state index contributed by atoms with van der Waals surface area (Å²) in [4.78, 5) is 0. The lowest BCUT2D eigenvalue weighted by molar-refractivity contribution is 0.171. The van der Waals surface area contributed by atoms with E-state index in [0.717, 1.165) is 24.6 Å². The number of nitriles is 1. The average molecular weight is 322 g/mol. The summed E-state index contributed by atoms with van der Waals surface area (Å²) in [6.07, 6.45) is 0. The van der Waals surface area contributed by atoms with Crippen LogP contribution < -0.4 is 14.8 Å². The van der Waals surface area contributed by atoms with Crippen LogP contribution in [0.25, 0.3) is 0 Å². The second kappa shape index (κ2) is 6.94. The molecule has 0 fully saturated rings. The highest BCUT2D eigenvalue weighted by Gasteiger charge is 2.23. The summed E-state index contributed by atoms with van der Waals surface area (Å²) < 4.78 is 11.3. The van der Waals surface area contributed by atoms with Gasteiger partial charge < -0.3 is 14.8 Å². The second-order valence-electron chi connectivity index (χ2n) is 6.65. The van der Waals surface area contributed by atoms with Crippen molar-refractivity contribution in [3.63, 3.8) is 0 Å². The molecule has 0 aromatic heterocycles. The molecule has 0 atom stereocenters. The van der Waals surface area contributed by atoms with Gasteiger partial charge in [0.25, 0.3) is 0 Å². The summed E-state index contributed by atoms with van der Waals surface area (Å²) in [6, 6.07) is 16.0. The number of hydrogen-bond donors (Lipinski definition) is 1. The highest BCUT2D eigenvalue weighted by atomic mass is 16.6. The summed E-state index contributed by atoms with van der Waals surface area (Å²) in [5, 5.41) is 12.3. The van der Waals surface area contributed by atoms with Crippen molar-refractivity contribution in [2.75, 3.05) is 19.8 Å². The molecule has 0 saturated heterocycles. The maximum Gasteiger partial charge on any atom is 0.161 e. The van der Waals surface area contributed by atoms with Crippen molar-refractivity contribution in [1.29, 1.82) is 5.26 Å². The van der Waals surface area contributed by atoms with Crippen LogP contribution in [0.15, 0.2) is 42.5 Å². The molecule has 0 aliphatic carbocycles. The molecule has 4 heteroatoms. The Hall–Kier alpha value is -2.51. The minimum absolute atomic E-state index is 0.0254. The van der Waals surface area contributed by atoms with Crippen LogP contribution in [0, 0.1) is 11.3 Å². The lowest BCUT2D eigenvalue weighted by Gasteiger charge is -2.28. The lowest BCUT2D eigenvalue weighted by Crippen LogP contribution is -2.32. The van der Waals surface area contributed by atoms with Crippen LogP contribution in [-0.2, 0) is 12.0 Å². The highest BCUT2D eigenvalue weighted by Crippen LogP contribution is 2.34.